The van der Waals surface area contributed by atoms with E-state index in [2.05, 4.69) is 43.3 Å². The molecule has 0 aliphatic heterocycles. The Morgan fingerprint density at radius 3 is 2.86 bits per heavy atom. The van der Waals surface area contributed by atoms with Crippen LogP contribution in [0.15, 0.2) is 57.8 Å². The second-order valence-electron chi connectivity index (χ2n) is 5.09. The van der Waals surface area contributed by atoms with Gasteiger partial charge in [-0.1, -0.05) is 40.2 Å². The van der Waals surface area contributed by atoms with E-state index in [0.717, 1.165) is 23.9 Å². The Morgan fingerprint density at radius 1 is 1.14 bits per heavy atom. The van der Waals surface area contributed by atoms with Crippen molar-refractivity contribution in [3.8, 4) is 0 Å². The van der Waals surface area contributed by atoms with Crippen LogP contribution < -0.4 is 10.9 Å². The lowest BCUT2D eigenvalue weighted by Crippen LogP contribution is -2.14. The Hall–Kier alpha value is -2.14. The van der Waals surface area contributed by atoms with Crippen molar-refractivity contribution in [1.29, 1.82) is 0 Å². The maximum absolute atomic E-state index is 12.0. The summed E-state index contributed by atoms with van der Waals surface area (Å²) in [5.74, 6) is 0.526. The van der Waals surface area contributed by atoms with Gasteiger partial charge in [0, 0.05) is 11.0 Å². The third kappa shape index (κ3) is 3.54. The summed E-state index contributed by atoms with van der Waals surface area (Å²) < 4.78 is 1.10. The standard InChI is InChI=1S/C17H16BrN3O/c18-13-7-3-5-12(11-13)6-4-10-19-17-20-15-9-2-1-8-14(15)16(22)21-17/h1-3,5,7-9,11H,4,6,10H2,(H2,19,20,21,22). The smallest absolute Gasteiger partial charge is 0.260 e. The second kappa shape index (κ2) is 6.75. The minimum absolute atomic E-state index is 0.111. The molecule has 3 rings (SSSR count). The van der Waals surface area contributed by atoms with Gasteiger partial charge in [0.15, 0.2) is 0 Å². The fourth-order valence-electron chi connectivity index (χ4n) is 2.36. The number of aromatic amines is 1. The van der Waals surface area contributed by atoms with Gasteiger partial charge in [0.2, 0.25) is 5.95 Å². The average Bonchev–Trinajstić information content (AvgIpc) is 2.52. The summed E-state index contributed by atoms with van der Waals surface area (Å²) in [5.41, 5.74) is 1.89. The number of hydrogen-bond acceptors (Lipinski definition) is 3. The highest BCUT2D eigenvalue weighted by molar-refractivity contribution is 9.10. The van der Waals surface area contributed by atoms with Crippen LogP contribution in [0, 0.1) is 0 Å². The van der Waals surface area contributed by atoms with Gasteiger partial charge in [0.25, 0.3) is 5.56 Å². The van der Waals surface area contributed by atoms with Crippen molar-refractivity contribution in [1.82, 2.24) is 9.97 Å². The van der Waals surface area contributed by atoms with Crippen LogP contribution in [0.2, 0.25) is 0 Å². The number of anilines is 1. The molecule has 2 N–H and O–H groups in total. The Kier molecular flexibility index (Phi) is 4.53. The first-order valence-corrected chi connectivity index (χ1v) is 7.99. The van der Waals surface area contributed by atoms with Gasteiger partial charge >= 0.3 is 0 Å². The lowest BCUT2D eigenvalue weighted by atomic mass is 10.1. The predicted octanol–water partition coefficient (Wildman–Crippen LogP) is 3.73. The Morgan fingerprint density at radius 2 is 2.00 bits per heavy atom. The molecule has 0 radical (unpaired) electrons. The summed E-state index contributed by atoms with van der Waals surface area (Å²) in [6.45, 7) is 0.758. The van der Waals surface area contributed by atoms with Crippen LogP contribution in [0.5, 0.6) is 0 Å². The molecular formula is C17H16BrN3O. The molecule has 0 aliphatic carbocycles. The number of para-hydroxylation sites is 1. The van der Waals surface area contributed by atoms with Gasteiger partial charge in [-0.3, -0.25) is 9.78 Å². The van der Waals surface area contributed by atoms with Gasteiger partial charge in [-0.25, -0.2) is 4.98 Å². The minimum Gasteiger partial charge on any atom is -0.356 e. The minimum atomic E-state index is -0.111. The molecule has 3 aromatic rings. The van der Waals surface area contributed by atoms with Crippen LogP contribution >= 0.6 is 15.9 Å². The van der Waals surface area contributed by atoms with Gasteiger partial charge in [-0.15, -0.1) is 0 Å². The van der Waals surface area contributed by atoms with Crippen LogP contribution in [0.1, 0.15) is 12.0 Å². The number of hydrogen-bond donors (Lipinski definition) is 2. The van der Waals surface area contributed by atoms with Gasteiger partial charge in [-0.05, 0) is 42.7 Å². The first-order valence-electron chi connectivity index (χ1n) is 7.20. The molecule has 5 heteroatoms. The van der Waals surface area contributed by atoms with Crippen LogP contribution in [-0.4, -0.2) is 16.5 Å². The van der Waals surface area contributed by atoms with Crippen molar-refractivity contribution in [2.24, 2.45) is 0 Å². The number of aromatic nitrogens is 2. The van der Waals surface area contributed by atoms with Crippen molar-refractivity contribution < 1.29 is 0 Å². The van der Waals surface area contributed by atoms with E-state index in [1.165, 1.54) is 5.56 Å². The second-order valence-corrected chi connectivity index (χ2v) is 6.01. The summed E-state index contributed by atoms with van der Waals surface area (Å²) >= 11 is 3.47. The molecule has 0 saturated carbocycles. The quantitative estimate of drug-likeness (QED) is 0.684. The summed E-state index contributed by atoms with van der Waals surface area (Å²) in [4.78, 5) is 19.1. The highest BCUT2D eigenvalue weighted by Gasteiger charge is 2.02. The molecule has 0 amide bonds. The van der Waals surface area contributed by atoms with Crippen LogP contribution in [0.25, 0.3) is 10.9 Å². The summed E-state index contributed by atoms with van der Waals surface area (Å²) in [5, 5.41) is 3.80. The summed E-state index contributed by atoms with van der Waals surface area (Å²) in [7, 11) is 0. The predicted molar refractivity (Wildman–Crippen MR) is 93.3 cm³/mol. The number of halogens is 1. The van der Waals surface area contributed by atoms with Crippen LogP contribution in [0.3, 0.4) is 0 Å². The number of nitrogens with one attached hydrogen (secondary N) is 2. The molecule has 0 atom stereocenters. The van der Waals surface area contributed by atoms with E-state index >= 15 is 0 Å². The number of rotatable bonds is 5. The molecule has 1 aromatic heterocycles. The first kappa shape index (κ1) is 14.8. The van der Waals surface area contributed by atoms with Gasteiger partial charge in [0.1, 0.15) is 0 Å². The first-order chi connectivity index (χ1) is 10.7. The monoisotopic (exact) mass is 357 g/mol. The molecule has 2 aromatic carbocycles. The van der Waals surface area contributed by atoms with Crippen LogP contribution in [-0.2, 0) is 6.42 Å². The molecule has 0 aliphatic rings. The zero-order valence-corrected chi connectivity index (χ0v) is 13.6. The normalized spacial score (nSPS) is 10.8. The number of H-pyrrole nitrogens is 1. The van der Waals surface area contributed by atoms with Crippen LogP contribution in [0.4, 0.5) is 5.95 Å². The third-order valence-corrected chi connectivity index (χ3v) is 3.93. The number of fused-ring (bicyclic) bond motifs is 1. The van der Waals surface area contributed by atoms with E-state index < -0.39 is 0 Å². The average molecular weight is 358 g/mol. The Labute approximate surface area is 136 Å². The maximum Gasteiger partial charge on any atom is 0.260 e. The number of nitrogens with zero attached hydrogens (tertiary/aromatic N) is 1. The largest absolute Gasteiger partial charge is 0.356 e. The zero-order chi connectivity index (χ0) is 15.4. The van der Waals surface area contributed by atoms with Crippen molar-refractivity contribution >= 4 is 32.8 Å². The third-order valence-electron chi connectivity index (χ3n) is 3.44. The fourth-order valence-corrected chi connectivity index (χ4v) is 2.81. The van der Waals surface area contributed by atoms with Crippen molar-refractivity contribution in [2.45, 2.75) is 12.8 Å². The molecule has 22 heavy (non-hydrogen) atoms. The zero-order valence-electron chi connectivity index (χ0n) is 12.0. The molecule has 0 saturated heterocycles. The van der Waals surface area contributed by atoms with E-state index in [1.54, 1.807) is 6.07 Å². The van der Waals surface area contributed by atoms with E-state index in [9.17, 15) is 4.79 Å². The van der Waals surface area contributed by atoms with Gasteiger partial charge in [-0.2, -0.15) is 0 Å². The summed E-state index contributed by atoms with van der Waals surface area (Å²) in [6.07, 6.45) is 1.94. The fraction of sp³-hybridized carbons (Fsp3) is 0.176. The SMILES string of the molecule is O=c1[nH]c(NCCCc2cccc(Br)c2)nc2ccccc12. The van der Waals surface area contributed by atoms with E-state index in [-0.39, 0.29) is 5.56 Å². The lowest BCUT2D eigenvalue weighted by molar-refractivity contribution is 0.853. The molecule has 0 spiro atoms. The van der Waals surface area contributed by atoms with Crippen molar-refractivity contribution in [3.63, 3.8) is 0 Å². The molecule has 0 fully saturated rings. The van der Waals surface area contributed by atoms with Crippen molar-refractivity contribution in [2.75, 3.05) is 11.9 Å². The molecule has 4 nitrogen and oxygen atoms in total. The molecule has 1 heterocycles. The maximum atomic E-state index is 12.0. The van der Waals surface area contributed by atoms with Gasteiger partial charge < -0.3 is 5.32 Å². The topological polar surface area (TPSA) is 57.8 Å². The number of benzene rings is 2. The highest BCUT2D eigenvalue weighted by Crippen LogP contribution is 2.13. The lowest BCUT2D eigenvalue weighted by Gasteiger charge is -2.06. The van der Waals surface area contributed by atoms with E-state index in [0.29, 0.717) is 16.9 Å². The van der Waals surface area contributed by atoms with Crippen molar-refractivity contribution in [3.05, 3.63) is 68.9 Å². The van der Waals surface area contributed by atoms with E-state index in [4.69, 9.17) is 0 Å². The van der Waals surface area contributed by atoms with E-state index in [1.807, 2.05) is 30.3 Å². The summed E-state index contributed by atoms with van der Waals surface area (Å²) in [6, 6.07) is 15.6. The number of aryl methyl sites for hydroxylation is 1. The van der Waals surface area contributed by atoms with Gasteiger partial charge in [0.05, 0.1) is 10.9 Å². The molecule has 112 valence electrons. The molecule has 0 bridgehead atoms. The molecular weight excluding hydrogens is 342 g/mol. The molecule has 0 unspecified atom stereocenters. The highest BCUT2D eigenvalue weighted by atomic mass is 79.9. The Balaban J connectivity index is 1.61. The Bertz CT molecular complexity index is 844.